The lowest BCUT2D eigenvalue weighted by Crippen LogP contribution is -2.37. The molecule has 1 amide bonds. The van der Waals surface area contributed by atoms with Gasteiger partial charge < -0.3 is 4.90 Å². The second-order valence-corrected chi connectivity index (χ2v) is 11.9. The molecule has 9 nitrogen and oxygen atoms in total. The van der Waals surface area contributed by atoms with Crippen molar-refractivity contribution in [3.63, 3.8) is 0 Å². The lowest BCUT2D eigenvalue weighted by atomic mass is 10.1. The number of aromatic nitrogens is 1. The van der Waals surface area contributed by atoms with Crippen molar-refractivity contribution < 1.29 is 13.2 Å². The molecule has 0 N–H and O–H groups in total. The number of nitriles is 2. The third-order valence-corrected chi connectivity index (χ3v) is 8.69. The average molecular weight is 539 g/mol. The molecule has 0 bridgehead atoms. The fourth-order valence-corrected chi connectivity index (χ4v) is 6.44. The van der Waals surface area contributed by atoms with Gasteiger partial charge in [-0.1, -0.05) is 17.4 Å². The van der Waals surface area contributed by atoms with Gasteiger partial charge in [0.15, 0.2) is 5.13 Å². The molecule has 37 heavy (non-hydrogen) atoms. The predicted octanol–water partition coefficient (Wildman–Crippen LogP) is 3.94. The van der Waals surface area contributed by atoms with Crippen molar-refractivity contribution in [3.8, 4) is 12.1 Å². The molecule has 3 rings (SSSR count). The molecule has 0 atom stereocenters. The molecule has 1 aromatic heterocycles. The van der Waals surface area contributed by atoms with Gasteiger partial charge in [0.25, 0.3) is 5.91 Å². The number of likely N-dealkylation sites (N-methyl/N-ethyl adjacent to an activating group) is 1. The first kappa shape index (κ1) is 28.2. The fraction of sp³-hybridized carbons (Fsp3) is 0.385. The SMILES string of the molecule is Cc1cc(C)c2nc(N(CCN(C)C)C(=O)c3ccc(S(=O)(=O)N(CCC#N)CCC#N)cc3)sc2c1. The lowest BCUT2D eigenvalue weighted by Gasteiger charge is -2.22. The molecule has 0 unspecified atom stereocenters. The summed E-state index contributed by atoms with van der Waals surface area (Å²) in [5.41, 5.74) is 3.38. The Balaban J connectivity index is 1.93. The smallest absolute Gasteiger partial charge is 0.260 e. The summed E-state index contributed by atoms with van der Waals surface area (Å²) in [5.74, 6) is -0.273. The molecule has 0 saturated heterocycles. The summed E-state index contributed by atoms with van der Waals surface area (Å²) in [7, 11) is -0.0606. The maximum absolute atomic E-state index is 13.6. The highest BCUT2D eigenvalue weighted by Crippen LogP contribution is 2.32. The zero-order valence-corrected chi connectivity index (χ0v) is 23.1. The van der Waals surface area contributed by atoms with E-state index in [0.717, 1.165) is 25.6 Å². The Morgan fingerprint density at radius 3 is 2.16 bits per heavy atom. The number of sulfonamides is 1. The van der Waals surface area contributed by atoms with E-state index in [-0.39, 0.29) is 36.7 Å². The molecule has 0 aliphatic rings. The first-order chi connectivity index (χ1) is 17.6. The summed E-state index contributed by atoms with van der Waals surface area (Å²) in [6, 6.07) is 13.8. The molecule has 1 heterocycles. The summed E-state index contributed by atoms with van der Waals surface area (Å²) in [4.78, 5) is 22.0. The molecule has 3 aromatic rings. The van der Waals surface area contributed by atoms with Gasteiger partial charge >= 0.3 is 0 Å². The molecular formula is C26H30N6O3S2. The monoisotopic (exact) mass is 538 g/mol. The highest BCUT2D eigenvalue weighted by Gasteiger charge is 2.26. The number of fused-ring (bicyclic) bond motifs is 1. The summed E-state index contributed by atoms with van der Waals surface area (Å²) in [6.07, 6.45) is 0.0342. The zero-order chi connectivity index (χ0) is 27.2. The Labute approximate surface area is 222 Å². The van der Waals surface area contributed by atoms with E-state index in [4.69, 9.17) is 15.5 Å². The van der Waals surface area contributed by atoms with Crippen molar-refractivity contribution in [2.75, 3.05) is 45.2 Å². The minimum absolute atomic E-state index is 0.00396. The summed E-state index contributed by atoms with van der Waals surface area (Å²) < 4.78 is 28.4. The van der Waals surface area contributed by atoms with Crippen LogP contribution in [0.4, 0.5) is 5.13 Å². The van der Waals surface area contributed by atoms with Crippen molar-refractivity contribution in [1.82, 2.24) is 14.2 Å². The number of rotatable bonds is 11. The van der Waals surface area contributed by atoms with Crippen LogP contribution in [-0.4, -0.2) is 68.8 Å². The third kappa shape index (κ3) is 6.70. The van der Waals surface area contributed by atoms with Crippen LogP contribution in [-0.2, 0) is 10.0 Å². The van der Waals surface area contributed by atoms with E-state index in [1.54, 1.807) is 4.90 Å². The van der Waals surface area contributed by atoms with Gasteiger partial charge in [0.05, 0.1) is 27.3 Å². The van der Waals surface area contributed by atoms with Gasteiger partial charge in [0.2, 0.25) is 10.0 Å². The van der Waals surface area contributed by atoms with Crippen LogP contribution in [0.25, 0.3) is 10.2 Å². The number of carbonyl (C=O) groups excluding carboxylic acids is 1. The van der Waals surface area contributed by atoms with Gasteiger partial charge in [-0.3, -0.25) is 9.69 Å². The van der Waals surface area contributed by atoms with Gasteiger partial charge in [-0.15, -0.1) is 0 Å². The number of hydrogen-bond donors (Lipinski definition) is 0. The topological polar surface area (TPSA) is 121 Å². The number of nitrogens with zero attached hydrogens (tertiary/aromatic N) is 6. The normalized spacial score (nSPS) is 11.6. The Morgan fingerprint density at radius 1 is 0.973 bits per heavy atom. The van der Waals surface area contributed by atoms with Gasteiger partial charge in [0.1, 0.15) is 0 Å². The second-order valence-electron chi connectivity index (χ2n) is 8.93. The molecule has 0 radical (unpaired) electrons. The first-order valence-electron chi connectivity index (χ1n) is 11.8. The lowest BCUT2D eigenvalue weighted by molar-refractivity contribution is 0.0985. The molecule has 0 fully saturated rings. The molecule has 0 saturated carbocycles. The van der Waals surface area contributed by atoms with Crippen molar-refractivity contribution in [2.24, 2.45) is 0 Å². The van der Waals surface area contributed by atoms with E-state index in [9.17, 15) is 13.2 Å². The summed E-state index contributed by atoms with van der Waals surface area (Å²) in [5, 5.41) is 18.4. The van der Waals surface area contributed by atoms with E-state index in [1.807, 2.05) is 45.0 Å². The van der Waals surface area contributed by atoms with Crippen molar-refractivity contribution in [2.45, 2.75) is 31.6 Å². The van der Waals surface area contributed by atoms with E-state index < -0.39 is 10.0 Å². The van der Waals surface area contributed by atoms with Gasteiger partial charge in [0, 0.05) is 44.6 Å². The highest BCUT2D eigenvalue weighted by molar-refractivity contribution is 7.89. The summed E-state index contributed by atoms with van der Waals surface area (Å²) >= 11 is 1.46. The van der Waals surface area contributed by atoms with E-state index >= 15 is 0 Å². The Kier molecular flexibility index (Phi) is 9.35. The largest absolute Gasteiger partial charge is 0.308 e. The van der Waals surface area contributed by atoms with Crippen LogP contribution in [0.2, 0.25) is 0 Å². The molecule has 0 aliphatic heterocycles. The number of carbonyl (C=O) groups is 1. The van der Waals surface area contributed by atoms with Gasteiger partial charge in [-0.25, -0.2) is 13.4 Å². The number of hydrogen-bond acceptors (Lipinski definition) is 8. The van der Waals surface area contributed by atoms with Gasteiger partial charge in [-0.2, -0.15) is 14.8 Å². The van der Waals surface area contributed by atoms with Crippen molar-refractivity contribution in [3.05, 3.63) is 53.1 Å². The van der Waals surface area contributed by atoms with Gasteiger partial charge in [-0.05, 0) is 69.4 Å². The minimum atomic E-state index is -3.92. The second kappa shape index (κ2) is 12.3. The van der Waals surface area contributed by atoms with Crippen LogP contribution in [0.5, 0.6) is 0 Å². The molecule has 2 aromatic carbocycles. The number of benzene rings is 2. The Bertz CT molecular complexity index is 1430. The average Bonchev–Trinajstić information content (AvgIpc) is 3.28. The molecule has 194 valence electrons. The maximum Gasteiger partial charge on any atom is 0.260 e. The van der Waals surface area contributed by atoms with Crippen LogP contribution in [0.15, 0.2) is 41.3 Å². The highest BCUT2D eigenvalue weighted by atomic mass is 32.2. The fourth-order valence-electron chi connectivity index (χ4n) is 3.83. The number of thiazole rings is 1. The number of aryl methyl sites for hydroxylation is 2. The zero-order valence-electron chi connectivity index (χ0n) is 21.4. The molecule has 0 spiro atoms. The Morgan fingerprint density at radius 2 is 1.59 bits per heavy atom. The maximum atomic E-state index is 13.6. The summed E-state index contributed by atoms with van der Waals surface area (Å²) in [6.45, 7) is 5.06. The molecule has 11 heteroatoms. The standard InChI is InChI=1S/C26H30N6O3S2/c1-19-17-20(2)24-23(18-19)36-26(29-24)32(16-15-30(3)4)25(33)21-7-9-22(10-8-21)37(34,35)31(13-5-11-27)14-6-12-28/h7-10,17-18H,5-6,13-16H2,1-4H3. The van der Waals surface area contributed by atoms with Crippen LogP contribution in [0, 0.1) is 36.5 Å². The number of amides is 1. The molecule has 0 aliphatic carbocycles. The quantitative estimate of drug-likeness (QED) is 0.362. The minimum Gasteiger partial charge on any atom is -0.308 e. The predicted molar refractivity (Wildman–Crippen MR) is 145 cm³/mol. The molecular weight excluding hydrogens is 508 g/mol. The van der Waals surface area contributed by atoms with Crippen LogP contribution in [0.3, 0.4) is 0 Å². The Hall–Kier alpha value is -3.35. The van der Waals surface area contributed by atoms with E-state index in [2.05, 4.69) is 12.1 Å². The third-order valence-electron chi connectivity index (χ3n) is 5.75. The van der Waals surface area contributed by atoms with Crippen molar-refractivity contribution >= 4 is 42.6 Å². The van der Waals surface area contributed by atoms with Crippen molar-refractivity contribution in [1.29, 1.82) is 10.5 Å². The van der Waals surface area contributed by atoms with Crippen LogP contribution >= 0.6 is 11.3 Å². The first-order valence-corrected chi connectivity index (χ1v) is 14.0. The van der Waals surface area contributed by atoms with Crippen LogP contribution < -0.4 is 4.90 Å². The van der Waals surface area contributed by atoms with E-state index in [0.29, 0.717) is 23.8 Å². The van der Waals surface area contributed by atoms with E-state index in [1.165, 1.54) is 35.6 Å². The number of anilines is 1. The van der Waals surface area contributed by atoms with Crippen LogP contribution in [0.1, 0.15) is 34.3 Å².